The molecule has 2 aromatic carbocycles. The highest BCUT2D eigenvalue weighted by Crippen LogP contribution is 2.22. The highest BCUT2D eigenvalue weighted by molar-refractivity contribution is 5.92. The lowest BCUT2D eigenvalue weighted by Gasteiger charge is -2.30. The quantitative estimate of drug-likeness (QED) is 0.291. The summed E-state index contributed by atoms with van der Waals surface area (Å²) in [7, 11) is 0. The van der Waals surface area contributed by atoms with Gasteiger partial charge in [0.15, 0.2) is 5.69 Å². The fourth-order valence-electron chi connectivity index (χ4n) is 5.13. The van der Waals surface area contributed by atoms with E-state index in [1.54, 1.807) is 24.0 Å². The Kier molecular flexibility index (Phi) is 8.36. The number of rotatable bonds is 10. The molecule has 1 atom stereocenters. The van der Waals surface area contributed by atoms with E-state index in [2.05, 4.69) is 27.0 Å². The third-order valence-corrected chi connectivity index (χ3v) is 7.15. The smallest absolute Gasteiger partial charge is 0.310 e. The van der Waals surface area contributed by atoms with Gasteiger partial charge in [-0.1, -0.05) is 30.3 Å². The maximum atomic E-state index is 13.5. The van der Waals surface area contributed by atoms with Gasteiger partial charge in [0.25, 0.3) is 5.91 Å². The van der Waals surface area contributed by atoms with E-state index >= 15 is 0 Å². The van der Waals surface area contributed by atoms with Gasteiger partial charge in [-0.05, 0) is 55.5 Å². The van der Waals surface area contributed by atoms with Crippen LogP contribution in [0.3, 0.4) is 0 Å². The second kappa shape index (κ2) is 12.3. The van der Waals surface area contributed by atoms with Crippen molar-refractivity contribution < 1.29 is 23.1 Å². The average molecular weight is 533 g/mol. The molecular weight excluding hydrogens is 499 g/mol. The lowest BCUT2D eigenvalue weighted by Crippen LogP contribution is -2.43. The molecule has 1 N–H and O–H groups in total. The Bertz CT molecular complexity index is 1410. The van der Waals surface area contributed by atoms with Crippen molar-refractivity contribution in [2.45, 2.75) is 39.3 Å². The van der Waals surface area contributed by atoms with Gasteiger partial charge in [-0.2, -0.15) is 0 Å². The van der Waals surface area contributed by atoms with Gasteiger partial charge in [-0.25, -0.2) is 9.37 Å². The van der Waals surface area contributed by atoms with E-state index in [0.717, 1.165) is 23.9 Å². The molecule has 9 heteroatoms. The van der Waals surface area contributed by atoms with E-state index in [9.17, 15) is 14.0 Å². The number of H-pyrrole nitrogens is 1. The van der Waals surface area contributed by atoms with Crippen LogP contribution in [0.5, 0.6) is 0 Å². The van der Waals surface area contributed by atoms with Gasteiger partial charge in [0, 0.05) is 43.3 Å². The van der Waals surface area contributed by atoms with E-state index in [-0.39, 0.29) is 29.3 Å². The molecule has 1 amide bonds. The van der Waals surface area contributed by atoms with Crippen LogP contribution in [0.15, 0.2) is 65.4 Å². The van der Waals surface area contributed by atoms with Gasteiger partial charge in [-0.3, -0.25) is 14.5 Å². The van der Waals surface area contributed by atoms with E-state index in [0.29, 0.717) is 51.6 Å². The van der Waals surface area contributed by atoms with Crippen LogP contribution in [0.2, 0.25) is 0 Å². The number of ether oxygens (including phenoxy) is 1. The molecule has 8 nitrogen and oxygen atoms in total. The Balaban J connectivity index is 1.27. The van der Waals surface area contributed by atoms with Crippen LogP contribution in [0.1, 0.15) is 47.3 Å². The third-order valence-electron chi connectivity index (χ3n) is 7.15. The van der Waals surface area contributed by atoms with Crippen molar-refractivity contribution in [1.82, 2.24) is 19.8 Å². The van der Waals surface area contributed by atoms with E-state index in [1.165, 1.54) is 29.3 Å². The van der Waals surface area contributed by atoms with Crippen LogP contribution < -0.4 is 0 Å². The number of amides is 1. The summed E-state index contributed by atoms with van der Waals surface area (Å²) in [5.74, 6) is -0.670. The molecule has 204 valence electrons. The number of carbonyl (C=O) groups is 2. The predicted octanol–water partition coefficient (Wildman–Crippen LogP) is 4.96. The van der Waals surface area contributed by atoms with Gasteiger partial charge in [0.05, 0.1) is 19.1 Å². The molecule has 4 aromatic rings. The number of esters is 1. The van der Waals surface area contributed by atoms with E-state index in [1.807, 2.05) is 18.3 Å². The molecule has 5 rings (SSSR count). The molecule has 0 spiro atoms. The Morgan fingerprint density at radius 2 is 2.00 bits per heavy atom. The standard InChI is InChI=1S/C30H33FN4O4/c1-2-38-30(37)23-6-5-14-35(18-23)29(36)27-20-39-28(33-27)19-34(17-21-9-11-24(31)12-10-21)15-13-22-16-32-26-8-4-3-7-25(22)26/h3-4,7-12,16,20,23,32H,2,5-6,13-15,17-19H2,1H3/t23-/m0/s1. The number of hydrogen-bond acceptors (Lipinski definition) is 6. The van der Waals surface area contributed by atoms with Crippen molar-refractivity contribution >= 4 is 22.8 Å². The molecule has 0 aliphatic carbocycles. The maximum absolute atomic E-state index is 13.5. The molecule has 0 radical (unpaired) electrons. The molecule has 1 saturated heterocycles. The predicted molar refractivity (Wildman–Crippen MR) is 144 cm³/mol. The van der Waals surface area contributed by atoms with Crippen LogP contribution in [0.25, 0.3) is 10.9 Å². The van der Waals surface area contributed by atoms with Crippen LogP contribution >= 0.6 is 0 Å². The van der Waals surface area contributed by atoms with Gasteiger partial charge in [-0.15, -0.1) is 0 Å². The summed E-state index contributed by atoms with van der Waals surface area (Å²) in [4.78, 5) is 37.0. The fraction of sp³-hybridized carbons (Fsp3) is 0.367. The molecule has 0 saturated carbocycles. The highest BCUT2D eigenvalue weighted by atomic mass is 19.1. The van der Waals surface area contributed by atoms with Crippen LogP contribution in [-0.2, 0) is 29.0 Å². The monoisotopic (exact) mass is 532 g/mol. The molecule has 3 heterocycles. The van der Waals surface area contributed by atoms with Gasteiger partial charge < -0.3 is 19.0 Å². The molecule has 39 heavy (non-hydrogen) atoms. The van der Waals surface area contributed by atoms with Crippen molar-refractivity contribution in [2.75, 3.05) is 26.2 Å². The second-order valence-electron chi connectivity index (χ2n) is 9.92. The zero-order valence-electron chi connectivity index (χ0n) is 22.1. The number of halogens is 1. The SMILES string of the molecule is CCOC(=O)[C@H]1CCCN(C(=O)c2coc(CN(CCc3c[nH]c4ccccc34)Cc3ccc(F)cc3)n2)C1. The molecule has 2 aromatic heterocycles. The Labute approximate surface area is 226 Å². The van der Waals surface area contributed by atoms with Crippen molar-refractivity contribution in [3.05, 3.63) is 89.5 Å². The number of piperidine rings is 1. The van der Waals surface area contributed by atoms with E-state index in [4.69, 9.17) is 9.15 Å². The Morgan fingerprint density at radius 1 is 1.18 bits per heavy atom. The number of aromatic nitrogens is 2. The number of hydrogen-bond donors (Lipinski definition) is 1. The van der Waals surface area contributed by atoms with Gasteiger partial charge >= 0.3 is 5.97 Å². The lowest BCUT2D eigenvalue weighted by molar-refractivity contribution is -0.149. The number of aromatic amines is 1. The van der Waals surface area contributed by atoms with Crippen molar-refractivity contribution in [3.8, 4) is 0 Å². The van der Waals surface area contributed by atoms with Crippen LogP contribution in [-0.4, -0.2) is 57.9 Å². The van der Waals surface area contributed by atoms with Crippen molar-refractivity contribution in [1.29, 1.82) is 0 Å². The summed E-state index contributed by atoms with van der Waals surface area (Å²) in [5.41, 5.74) is 3.50. The normalized spacial score (nSPS) is 15.7. The zero-order valence-corrected chi connectivity index (χ0v) is 22.1. The number of carbonyl (C=O) groups excluding carboxylic acids is 2. The summed E-state index contributed by atoms with van der Waals surface area (Å²) < 4.78 is 24.4. The number of benzene rings is 2. The van der Waals surface area contributed by atoms with E-state index < -0.39 is 0 Å². The summed E-state index contributed by atoms with van der Waals surface area (Å²) in [5, 5.41) is 1.19. The number of nitrogens with one attached hydrogen (secondary N) is 1. The largest absolute Gasteiger partial charge is 0.466 e. The minimum Gasteiger partial charge on any atom is -0.466 e. The lowest BCUT2D eigenvalue weighted by atomic mass is 9.98. The number of nitrogens with zero attached hydrogens (tertiary/aromatic N) is 3. The summed E-state index contributed by atoms with van der Waals surface area (Å²) in [6.45, 7) is 4.66. The minimum absolute atomic E-state index is 0.230. The summed E-state index contributed by atoms with van der Waals surface area (Å²) in [6.07, 6.45) is 5.66. The average Bonchev–Trinajstić information content (AvgIpc) is 3.60. The molecule has 1 aliphatic rings. The van der Waals surface area contributed by atoms with Gasteiger partial charge in [0.2, 0.25) is 5.89 Å². The summed E-state index contributed by atoms with van der Waals surface area (Å²) >= 11 is 0. The summed E-state index contributed by atoms with van der Waals surface area (Å²) in [6, 6.07) is 14.6. The zero-order chi connectivity index (χ0) is 27.2. The fourth-order valence-corrected chi connectivity index (χ4v) is 5.13. The van der Waals surface area contributed by atoms with Crippen LogP contribution in [0.4, 0.5) is 4.39 Å². The minimum atomic E-state index is -0.315. The molecule has 0 bridgehead atoms. The van der Waals surface area contributed by atoms with Crippen molar-refractivity contribution in [3.63, 3.8) is 0 Å². The van der Waals surface area contributed by atoms with Gasteiger partial charge in [0.1, 0.15) is 12.1 Å². The first-order chi connectivity index (χ1) is 19.0. The third kappa shape index (κ3) is 6.54. The van der Waals surface area contributed by atoms with Crippen molar-refractivity contribution in [2.24, 2.45) is 5.92 Å². The Morgan fingerprint density at radius 3 is 2.82 bits per heavy atom. The number of oxazole rings is 1. The maximum Gasteiger partial charge on any atom is 0.310 e. The molecule has 1 aliphatic heterocycles. The molecule has 0 unspecified atom stereocenters. The van der Waals surface area contributed by atoms with Crippen LogP contribution in [0, 0.1) is 11.7 Å². The Hall–Kier alpha value is -3.98. The number of para-hydroxylation sites is 1. The second-order valence-corrected chi connectivity index (χ2v) is 9.92. The first-order valence-corrected chi connectivity index (χ1v) is 13.4. The first-order valence-electron chi connectivity index (χ1n) is 13.4. The molecular formula is C30H33FN4O4. The highest BCUT2D eigenvalue weighted by Gasteiger charge is 2.31. The topological polar surface area (TPSA) is 91.7 Å². The first kappa shape index (κ1) is 26.6. The number of likely N-dealkylation sites (tertiary alicyclic amines) is 1. The molecule has 1 fully saturated rings. The number of fused-ring (bicyclic) bond motifs is 1.